The lowest BCUT2D eigenvalue weighted by molar-refractivity contribution is 0.325. The van der Waals surface area contributed by atoms with Crippen LogP contribution in [0.4, 0.5) is 0 Å². The molecular weight excluding hydrogens is 238 g/mol. The Morgan fingerprint density at radius 3 is 2.68 bits per heavy atom. The quantitative estimate of drug-likeness (QED) is 0.575. The van der Waals surface area contributed by atoms with E-state index < -0.39 is 0 Å². The maximum absolute atomic E-state index is 5.70. The maximum atomic E-state index is 5.70. The standard InChI is InChI=1S/C16H25NO2/c1-5-9-17-12-14-6-7-15(16(11-14)18-4)19-10-8-13(2)3/h6-8,11,17H,5,9-10,12H2,1-4H3. The van der Waals surface area contributed by atoms with Gasteiger partial charge in [-0.1, -0.05) is 18.6 Å². The van der Waals surface area contributed by atoms with E-state index >= 15 is 0 Å². The van der Waals surface area contributed by atoms with Crippen LogP contribution in [-0.4, -0.2) is 20.3 Å². The van der Waals surface area contributed by atoms with Gasteiger partial charge in [0.05, 0.1) is 7.11 Å². The summed E-state index contributed by atoms with van der Waals surface area (Å²) in [6.45, 7) is 8.74. The van der Waals surface area contributed by atoms with Crippen molar-refractivity contribution in [1.82, 2.24) is 5.32 Å². The summed E-state index contributed by atoms with van der Waals surface area (Å²) >= 11 is 0. The third kappa shape index (κ3) is 5.79. The molecule has 0 saturated carbocycles. The molecule has 3 heteroatoms. The number of rotatable bonds is 8. The highest BCUT2D eigenvalue weighted by Crippen LogP contribution is 2.28. The average Bonchev–Trinajstić information content (AvgIpc) is 2.40. The highest BCUT2D eigenvalue weighted by atomic mass is 16.5. The van der Waals surface area contributed by atoms with E-state index in [0.717, 1.165) is 31.0 Å². The minimum Gasteiger partial charge on any atom is -0.493 e. The number of hydrogen-bond acceptors (Lipinski definition) is 3. The van der Waals surface area contributed by atoms with Crippen LogP contribution < -0.4 is 14.8 Å². The summed E-state index contributed by atoms with van der Waals surface area (Å²) in [6, 6.07) is 6.07. The highest BCUT2D eigenvalue weighted by Gasteiger charge is 2.05. The highest BCUT2D eigenvalue weighted by molar-refractivity contribution is 5.43. The van der Waals surface area contributed by atoms with Gasteiger partial charge in [-0.3, -0.25) is 0 Å². The zero-order chi connectivity index (χ0) is 14.1. The fourth-order valence-electron chi connectivity index (χ4n) is 1.65. The van der Waals surface area contributed by atoms with Crippen molar-refractivity contribution >= 4 is 0 Å². The second-order valence-electron chi connectivity index (χ2n) is 4.75. The van der Waals surface area contributed by atoms with Gasteiger partial charge in [-0.25, -0.2) is 0 Å². The molecule has 0 unspecified atom stereocenters. The molecule has 0 bridgehead atoms. The molecule has 0 saturated heterocycles. The average molecular weight is 263 g/mol. The van der Waals surface area contributed by atoms with Crippen molar-refractivity contribution in [3.8, 4) is 11.5 Å². The Labute approximate surface area is 116 Å². The van der Waals surface area contributed by atoms with E-state index in [1.807, 2.05) is 12.1 Å². The Kier molecular flexibility index (Phi) is 7.04. The van der Waals surface area contributed by atoms with E-state index in [0.29, 0.717) is 6.61 Å². The summed E-state index contributed by atoms with van der Waals surface area (Å²) < 4.78 is 11.1. The van der Waals surface area contributed by atoms with Crippen molar-refractivity contribution in [3.63, 3.8) is 0 Å². The molecule has 0 heterocycles. The fraction of sp³-hybridized carbons (Fsp3) is 0.500. The molecule has 106 valence electrons. The van der Waals surface area contributed by atoms with Gasteiger partial charge in [-0.05, 0) is 50.6 Å². The van der Waals surface area contributed by atoms with Crippen molar-refractivity contribution in [1.29, 1.82) is 0 Å². The molecule has 3 nitrogen and oxygen atoms in total. The SMILES string of the molecule is CCCNCc1ccc(OCC=C(C)C)c(OC)c1. The van der Waals surface area contributed by atoms with Gasteiger partial charge in [-0.2, -0.15) is 0 Å². The van der Waals surface area contributed by atoms with Crippen LogP contribution in [0.15, 0.2) is 29.8 Å². The van der Waals surface area contributed by atoms with Gasteiger partial charge < -0.3 is 14.8 Å². The first-order valence-corrected chi connectivity index (χ1v) is 6.81. The number of methoxy groups -OCH3 is 1. The fourth-order valence-corrected chi connectivity index (χ4v) is 1.65. The van der Waals surface area contributed by atoms with E-state index in [1.54, 1.807) is 7.11 Å². The van der Waals surface area contributed by atoms with Gasteiger partial charge in [0.1, 0.15) is 6.61 Å². The third-order valence-electron chi connectivity index (χ3n) is 2.71. The zero-order valence-electron chi connectivity index (χ0n) is 12.5. The minimum atomic E-state index is 0.576. The summed E-state index contributed by atoms with van der Waals surface area (Å²) in [5.74, 6) is 1.58. The predicted molar refractivity (Wildman–Crippen MR) is 79.9 cm³/mol. The second kappa shape index (κ2) is 8.59. The van der Waals surface area contributed by atoms with E-state index in [9.17, 15) is 0 Å². The summed E-state index contributed by atoms with van der Waals surface area (Å²) in [5.41, 5.74) is 2.46. The van der Waals surface area contributed by atoms with Gasteiger partial charge >= 0.3 is 0 Å². The lowest BCUT2D eigenvalue weighted by Crippen LogP contribution is -2.13. The molecule has 0 fully saturated rings. The number of hydrogen-bond donors (Lipinski definition) is 1. The molecule has 0 aliphatic carbocycles. The van der Waals surface area contributed by atoms with Crippen molar-refractivity contribution in [2.24, 2.45) is 0 Å². The Hall–Kier alpha value is -1.48. The van der Waals surface area contributed by atoms with Crippen LogP contribution in [0.5, 0.6) is 11.5 Å². The molecule has 19 heavy (non-hydrogen) atoms. The Bertz CT molecular complexity index is 409. The Morgan fingerprint density at radius 2 is 2.05 bits per heavy atom. The number of benzene rings is 1. The van der Waals surface area contributed by atoms with Gasteiger partial charge in [0, 0.05) is 6.54 Å². The summed E-state index contributed by atoms with van der Waals surface area (Å²) in [5, 5.41) is 3.37. The molecule has 0 atom stereocenters. The topological polar surface area (TPSA) is 30.5 Å². The van der Waals surface area contributed by atoms with Crippen molar-refractivity contribution < 1.29 is 9.47 Å². The Balaban J connectivity index is 2.64. The molecule has 0 aliphatic rings. The van der Waals surface area contributed by atoms with Crippen LogP contribution in [-0.2, 0) is 6.54 Å². The first-order chi connectivity index (χ1) is 9.17. The first kappa shape index (κ1) is 15.6. The molecule has 0 spiro atoms. The summed E-state index contributed by atoms with van der Waals surface area (Å²) in [6.07, 6.45) is 3.19. The second-order valence-corrected chi connectivity index (χ2v) is 4.75. The number of ether oxygens (including phenoxy) is 2. The normalized spacial score (nSPS) is 10.1. The predicted octanol–water partition coefficient (Wildman–Crippen LogP) is 3.54. The zero-order valence-corrected chi connectivity index (χ0v) is 12.5. The number of nitrogens with one attached hydrogen (secondary N) is 1. The summed E-state index contributed by atoms with van der Waals surface area (Å²) in [7, 11) is 1.67. The molecule has 0 aromatic heterocycles. The Morgan fingerprint density at radius 1 is 1.26 bits per heavy atom. The van der Waals surface area contributed by atoms with Gasteiger partial charge in [0.2, 0.25) is 0 Å². The minimum absolute atomic E-state index is 0.576. The van der Waals surface area contributed by atoms with Crippen LogP contribution in [0.1, 0.15) is 32.8 Å². The molecule has 0 radical (unpaired) electrons. The van der Waals surface area contributed by atoms with E-state index in [1.165, 1.54) is 11.1 Å². The molecule has 1 aromatic rings. The number of allylic oxidation sites excluding steroid dienone is 1. The van der Waals surface area contributed by atoms with Gasteiger partial charge in [0.15, 0.2) is 11.5 Å². The smallest absolute Gasteiger partial charge is 0.161 e. The molecule has 0 amide bonds. The van der Waals surface area contributed by atoms with Crippen LogP contribution in [0.3, 0.4) is 0 Å². The molecule has 1 rings (SSSR count). The maximum Gasteiger partial charge on any atom is 0.161 e. The van der Waals surface area contributed by atoms with Crippen LogP contribution in [0, 0.1) is 0 Å². The van der Waals surface area contributed by atoms with Crippen LogP contribution >= 0.6 is 0 Å². The van der Waals surface area contributed by atoms with E-state index in [4.69, 9.17) is 9.47 Å². The van der Waals surface area contributed by atoms with Crippen LogP contribution in [0.2, 0.25) is 0 Å². The summed E-state index contributed by atoms with van der Waals surface area (Å²) in [4.78, 5) is 0. The van der Waals surface area contributed by atoms with Crippen molar-refractivity contribution in [2.45, 2.75) is 33.7 Å². The van der Waals surface area contributed by atoms with Crippen LogP contribution in [0.25, 0.3) is 0 Å². The lowest BCUT2D eigenvalue weighted by Gasteiger charge is -2.11. The lowest BCUT2D eigenvalue weighted by atomic mass is 10.2. The van der Waals surface area contributed by atoms with Gasteiger partial charge in [0.25, 0.3) is 0 Å². The monoisotopic (exact) mass is 263 g/mol. The van der Waals surface area contributed by atoms with Crippen molar-refractivity contribution in [2.75, 3.05) is 20.3 Å². The van der Waals surface area contributed by atoms with E-state index in [2.05, 4.69) is 38.2 Å². The molecule has 1 aromatic carbocycles. The molecule has 0 aliphatic heterocycles. The first-order valence-electron chi connectivity index (χ1n) is 6.81. The van der Waals surface area contributed by atoms with Gasteiger partial charge in [-0.15, -0.1) is 0 Å². The van der Waals surface area contributed by atoms with Crippen molar-refractivity contribution in [3.05, 3.63) is 35.4 Å². The third-order valence-corrected chi connectivity index (χ3v) is 2.71. The largest absolute Gasteiger partial charge is 0.493 e. The molecular formula is C16H25NO2. The van der Waals surface area contributed by atoms with E-state index in [-0.39, 0.29) is 0 Å². The molecule has 1 N–H and O–H groups in total.